The van der Waals surface area contributed by atoms with Crippen LogP contribution in [-0.4, -0.2) is 69.1 Å². The summed E-state index contributed by atoms with van der Waals surface area (Å²) < 4.78 is 47.2. The standard InChI is InChI=1S/C25H21ClN2O3S.C18H16ClN3O3S/c1-32(30,31)22-4-2-3-17(13-22)11-12-28-25(29)19-5-6-20-15-27-16-24(23(20)14-19)18-7-9-21(26)10-8-18;1-22(26(2,24)25)21-18(23)13-3-4-14-10-20-11-17(16(14)9-13)12-5-7-15(19)8-6-12/h2-10,13-16H,11-12H2,1H3,(H,28,29);3-11H,1-2H3,(H,21,23). The molecule has 0 aliphatic carbocycles. The van der Waals surface area contributed by atoms with Gasteiger partial charge in [0.05, 0.1) is 11.2 Å². The first-order valence-corrected chi connectivity index (χ1v) is 22.2. The highest BCUT2D eigenvalue weighted by Crippen LogP contribution is 2.31. The SMILES string of the molecule is CN(NC(=O)c1ccc2cncc(-c3ccc(Cl)cc3)c2c1)S(C)(=O)=O.CS(=O)(=O)c1cccc(CCNC(=O)c2ccc3cncc(-c4ccc(Cl)cc4)c3c2)c1. The van der Waals surface area contributed by atoms with E-state index in [0.717, 1.165) is 60.0 Å². The number of hydrazine groups is 1. The molecule has 296 valence electrons. The molecule has 2 heterocycles. The molecule has 11 nitrogen and oxygen atoms in total. The molecule has 0 atom stereocenters. The van der Waals surface area contributed by atoms with Crippen molar-refractivity contribution < 1.29 is 26.4 Å². The van der Waals surface area contributed by atoms with E-state index in [-0.39, 0.29) is 10.8 Å². The molecule has 0 fully saturated rings. The predicted octanol–water partition coefficient (Wildman–Crippen LogP) is 8.02. The van der Waals surface area contributed by atoms with Gasteiger partial charge in [-0.1, -0.05) is 71.7 Å². The van der Waals surface area contributed by atoms with Gasteiger partial charge in [0, 0.05) is 87.7 Å². The van der Waals surface area contributed by atoms with E-state index in [1.54, 1.807) is 79.4 Å². The number of sulfonamides is 1. The maximum atomic E-state index is 12.8. The lowest BCUT2D eigenvalue weighted by Crippen LogP contribution is -2.42. The number of rotatable bonds is 10. The Morgan fingerprint density at radius 2 is 1.14 bits per heavy atom. The largest absolute Gasteiger partial charge is 0.352 e. The summed E-state index contributed by atoms with van der Waals surface area (Å²) in [7, 11) is -5.51. The smallest absolute Gasteiger partial charge is 0.266 e. The number of nitrogens with one attached hydrogen (secondary N) is 2. The summed E-state index contributed by atoms with van der Waals surface area (Å²) in [6.07, 6.45) is 9.70. The summed E-state index contributed by atoms with van der Waals surface area (Å²) in [4.78, 5) is 34.0. The van der Waals surface area contributed by atoms with Crippen LogP contribution < -0.4 is 10.7 Å². The number of carbonyl (C=O) groups is 2. The first kappa shape index (κ1) is 41.9. The molecule has 0 bridgehead atoms. The van der Waals surface area contributed by atoms with Crippen molar-refractivity contribution in [3.8, 4) is 22.3 Å². The van der Waals surface area contributed by atoms with Crippen LogP contribution in [0.2, 0.25) is 10.0 Å². The van der Waals surface area contributed by atoms with Gasteiger partial charge in [0.15, 0.2) is 9.84 Å². The van der Waals surface area contributed by atoms with E-state index < -0.39 is 25.8 Å². The van der Waals surface area contributed by atoms with E-state index in [4.69, 9.17) is 23.2 Å². The van der Waals surface area contributed by atoms with E-state index in [2.05, 4.69) is 20.7 Å². The minimum Gasteiger partial charge on any atom is -0.352 e. The Hall–Kier alpha value is -5.70. The second kappa shape index (κ2) is 17.8. The molecule has 0 aliphatic heterocycles. The number of hydrogen-bond donors (Lipinski definition) is 2. The second-order valence-corrected chi connectivity index (χ2v) is 18.3. The van der Waals surface area contributed by atoms with Crippen LogP contribution in [0.25, 0.3) is 43.8 Å². The van der Waals surface area contributed by atoms with Crippen LogP contribution in [0.4, 0.5) is 0 Å². The third kappa shape index (κ3) is 10.4. The lowest BCUT2D eigenvalue weighted by Gasteiger charge is -2.15. The molecule has 2 amide bonds. The molecule has 0 aliphatic rings. The van der Waals surface area contributed by atoms with E-state index in [0.29, 0.717) is 34.1 Å². The molecular weight excluding hydrogens is 818 g/mol. The topological polar surface area (TPSA) is 156 Å². The van der Waals surface area contributed by atoms with Crippen molar-refractivity contribution >= 4 is 76.4 Å². The summed E-state index contributed by atoms with van der Waals surface area (Å²) in [5.74, 6) is -0.705. The van der Waals surface area contributed by atoms with Gasteiger partial charge in [-0.25, -0.2) is 16.8 Å². The lowest BCUT2D eigenvalue weighted by molar-refractivity contribution is 0.0893. The van der Waals surface area contributed by atoms with Crippen LogP contribution in [0, 0.1) is 0 Å². The molecule has 2 N–H and O–H groups in total. The Kier molecular flexibility index (Phi) is 12.9. The van der Waals surface area contributed by atoms with Gasteiger partial charge in [-0.2, -0.15) is 0 Å². The molecule has 0 saturated heterocycles. The van der Waals surface area contributed by atoms with Gasteiger partial charge in [-0.3, -0.25) is 25.0 Å². The third-order valence-electron chi connectivity index (χ3n) is 9.14. The number of aromatic nitrogens is 2. The number of benzene rings is 5. The first-order chi connectivity index (χ1) is 27.6. The molecule has 0 unspecified atom stereocenters. The van der Waals surface area contributed by atoms with Crippen molar-refractivity contribution in [1.82, 2.24) is 25.1 Å². The zero-order chi connectivity index (χ0) is 41.6. The monoisotopic (exact) mass is 853 g/mol. The van der Waals surface area contributed by atoms with Crippen LogP contribution in [0.15, 0.2) is 139 Å². The highest BCUT2D eigenvalue weighted by Gasteiger charge is 2.17. The number of halogens is 2. The van der Waals surface area contributed by atoms with E-state index in [1.165, 1.54) is 13.3 Å². The number of hydrogen-bond acceptors (Lipinski definition) is 8. The van der Waals surface area contributed by atoms with Crippen molar-refractivity contribution in [2.24, 2.45) is 0 Å². The first-order valence-electron chi connectivity index (χ1n) is 17.7. The summed E-state index contributed by atoms with van der Waals surface area (Å²) in [5, 5.41) is 7.76. The Labute approximate surface area is 346 Å². The minimum absolute atomic E-state index is 0.190. The number of amides is 2. The number of pyridine rings is 2. The van der Waals surface area contributed by atoms with E-state index in [9.17, 15) is 26.4 Å². The maximum absolute atomic E-state index is 12.8. The number of fused-ring (bicyclic) bond motifs is 2. The Bertz CT molecular complexity index is 2880. The van der Waals surface area contributed by atoms with Crippen LogP contribution in [0.1, 0.15) is 26.3 Å². The van der Waals surface area contributed by atoms with Crippen LogP contribution >= 0.6 is 23.2 Å². The molecule has 7 aromatic rings. The van der Waals surface area contributed by atoms with Gasteiger partial charge in [0.2, 0.25) is 10.0 Å². The minimum atomic E-state index is -3.52. The third-order valence-corrected chi connectivity index (χ3v) is 11.8. The van der Waals surface area contributed by atoms with Gasteiger partial charge >= 0.3 is 0 Å². The molecule has 5 aromatic carbocycles. The zero-order valence-corrected chi connectivity index (χ0v) is 34.6. The van der Waals surface area contributed by atoms with Crippen molar-refractivity contribution in [2.45, 2.75) is 11.3 Å². The second-order valence-electron chi connectivity index (χ2n) is 13.4. The molecule has 0 saturated carbocycles. The molecule has 7 rings (SSSR count). The summed E-state index contributed by atoms with van der Waals surface area (Å²) in [5.41, 5.74) is 7.74. The maximum Gasteiger partial charge on any atom is 0.266 e. The number of sulfone groups is 1. The molecular formula is C43H37Cl2N5O6S2. The fourth-order valence-corrected chi connectivity index (χ4v) is 7.17. The van der Waals surface area contributed by atoms with Crippen LogP contribution in [-0.2, 0) is 26.3 Å². The van der Waals surface area contributed by atoms with Gasteiger partial charge in [0.25, 0.3) is 11.8 Å². The Morgan fingerprint density at radius 3 is 1.62 bits per heavy atom. The van der Waals surface area contributed by atoms with Crippen LogP contribution in [0.5, 0.6) is 0 Å². The molecule has 58 heavy (non-hydrogen) atoms. The molecule has 0 spiro atoms. The fourth-order valence-electron chi connectivity index (χ4n) is 5.97. The van der Waals surface area contributed by atoms with E-state index >= 15 is 0 Å². The summed E-state index contributed by atoms with van der Waals surface area (Å²) in [6.45, 7) is 0.393. The normalized spacial score (nSPS) is 11.6. The van der Waals surface area contributed by atoms with Crippen molar-refractivity contribution in [2.75, 3.05) is 26.1 Å². The molecule has 2 aromatic heterocycles. The highest BCUT2D eigenvalue weighted by atomic mass is 35.5. The zero-order valence-electron chi connectivity index (χ0n) is 31.5. The number of carbonyl (C=O) groups excluding carboxylic acids is 2. The average molecular weight is 855 g/mol. The van der Waals surface area contributed by atoms with Crippen LogP contribution in [0.3, 0.4) is 0 Å². The van der Waals surface area contributed by atoms with Crippen molar-refractivity contribution in [3.05, 3.63) is 161 Å². The van der Waals surface area contributed by atoms with Gasteiger partial charge in [-0.15, -0.1) is 4.41 Å². The summed E-state index contributed by atoms with van der Waals surface area (Å²) >= 11 is 12.0. The Balaban J connectivity index is 0.000000200. The highest BCUT2D eigenvalue weighted by molar-refractivity contribution is 7.90. The van der Waals surface area contributed by atoms with E-state index in [1.807, 2.05) is 54.6 Å². The molecule has 15 heteroatoms. The van der Waals surface area contributed by atoms with Gasteiger partial charge in [-0.05, 0) is 94.5 Å². The summed E-state index contributed by atoms with van der Waals surface area (Å²) in [6, 6.07) is 32.2. The predicted molar refractivity (Wildman–Crippen MR) is 230 cm³/mol. The lowest BCUT2D eigenvalue weighted by atomic mass is 9.99. The number of nitrogens with zero attached hydrogens (tertiary/aromatic N) is 3. The molecule has 0 radical (unpaired) electrons. The quantitative estimate of drug-likeness (QED) is 0.131. The fraction of sp³-hybridized carbons (Fsp3) is 0.116. The van der Waals surface area contributed by atoms with Gasteiger partial charge < -0.3 is 5.32 Å². The average Bonchev–Trinajstić information content (AvgIpc) is 3.20. The van der Waals surface area contributed by atoms with Crippen molar-refractivity contribution in [1.29, 1.82) is 0 Å². The van der Waals surface area contributed by atoms with Gasteiger partial charge in [0.1, 0.15) is 0 Å². The van der Waals surface area contributed by atoms with Crippen molar-refractivity contribution in [3.63, 3.8) is 0 Å². The Morgan fingerprint density at radius 1 is 0.638 bits per heavy atom.